The number of nitrogens with zero attached hydrogens (tertiary/aromatic N) is 6. The van der Waals surface area contributed by atoms with Crippen LogP contribution >= 0.6 is 0 Å². The minimum Gasteiger partial charge on any atom is -0.347 e. The average molecular weight is 351 g/mol. The highest BCUT2D eigenvalue weighted by atomic mass is 15.3. The van der Waals surface area contributed by atoms with Gasteiger partial charge in [0.05, 0.1) is 23.1 Å². The molecule has 0 saturated carbocycles. The van der Waals surface area contributed by atoms with Crippen molar-refractivity contribution in [1.29, 1.82) is 0 Å². The monoisotopic (exact) mass is 351 g/mol. The molecule has 1 fully saturated rings. The molecule has 2 aliphatic rings. The maximum Gasteiger partial charge on any atom is 0.140 e. The van der Waals surface area contributed by atoms with Crippen LogP contribution in [0, 0.1) is 0 Å². The zero-order chi connectivity index (χ0) is 17.8. The molecule has 5 heterocycles. The molecule has 3 aromatic heterocycles. The molecule has 26 heavy (non-hydrogen) atoms. The van der Waals surface area contributed by atoms with Crippen LogP contribution in [0.4, 0.5) is 5.82 Å². The maximum absolute atomic E-state index is 4.90. The van der Waals surface area contributed by atoms with Crippen molar-refractivity contribution >= 4 is 16.7 Å². The molecule has 0 bridgehead atoms. The lowest BCUT2D eigenvalue weighted by atomic mass is 10.0. The van der Waals surface area contributed by atoms with Gasteiger partial charge in [-0.25, -0.2) is 4.98 Å². The molecule has 0 radical (unpaired) electrons. The number of hydrogen-bond donors (Lipinski definition) is 1. The first-order valence-corrected chi connectivity index (χ1v) is 9.48. The molecule has 2 aliphatic heterocycles. The van der Waals surface area contributed by atoms with Crippen LogP contribution < -0.4 is 4.90 Å². The smallest absolute Gasteiger partial charge is 0.140 e. The third-order valence-electron chi connectivity index (χ3n) is 5.77. The molecular weight excluding hydrogens is 326 g/mol. The number of pyridine rings is 1. The fourth-order valence-corrected chi connectivity index (χ4v) is 4.22. The van der Waals surface area contributed by atoms with Crippen LogP contribution in [0.2, 0.25) is 0 Å². The van der Waals surface area contributed by atoms with Crippen molar-refractivity contribution in [1.82, 2.24) is 29.9 Å². The highest BCUT2D eigenvalue weighted by Gasteiger charge is 2.32. The zero-order valence-electron chi connectivity index (χ0n) is 15.6. The lowest BCUT2D eigenvalue weighted by Gasteiger charge is -2.37. The molecule has 0 aliphatic carbocycles. The molecule has 7 nitrogen and oxygen atoms in total. The first-order chi connectivity index (χ1) is 12.6. The quantitative estimate of drug-likeness (QED) is 0.769. The van der Waals surface area contributed by atoms with Gasteiger partial charge in [0.1, 0.15) is 11.5 Å². The van der Waals surface area contributed by atoms with E-state index < -0.39 is 0 Å². The lowest BCUT2D eigenvalue weighted by molar-refractivity contribution is 0.248. The lowest BCUT2D eigenvalue weighted by Crippen LogP contribution is -2.43. The van der Waals surface area contributed by atoms with Crippen LogP contribution in [-0.2, 0) is 6.54 Å². The average Bonchev–Trinajstić information content (AvgIpc) is 3.21. The number of aromatic amines is 1. The number of aromatic nitrogens is 5. The molecule has 1 N–H and O–H groups in total. The summed E-state index contributed by atoms with van der Waals surface area (Å²) in [6.07, 6.45) is 6.34. The molecule has 136 valence electrons. The van der Waals surface area contributed by atoms with Gasteiger partial charge in [-0.05, 0) is 52.9 Å². The zero-order valence-corrected chi connectivity index (χ0v) is 15.6. The number of anilines is 1. The van der Waals surface area contributed by atoms with E-state index in [-0.39, 0.29) is 0 Å². The summed E-state index contributed by atoms with van der Waals surface area (Å²) in [6, 6.07) is 2.84. The SMILES string of the molecule is CC(C)n1cc2c(n1)CN(C1CCN(C)CC1)c1nccc3[nH]nc-2c13. The van der Waals surface area contributed by atoms with Gasteiger partial charge in [-0.2, -0.15) is 10.2 Å². The summed E-state index contributed by atoms with van der Waals surface area (Å²) in [5.41, 5.74) is 4.27. The Morgan fingerprint density at radius 2 is 2.04 bits per heavy atom. The first-order valence-electron chi connectivity index (χ1n) is 9.48. The summed E-state index contributed by atoms with van der Waals surface area (Å²) < 4.78 is 2.05. The van der Waals surface area contributed by atoms with Crippen LogP contribution in [0.5, 0.6) is 0 Å². The van der Waals surface area contributed by atoms with Crippen LogP contribution in [0.3, 0.4) is 0 Å². The van der Waals surface area contributed by atoms with Crippen LogP contribution in [0.25, 0.3) is 22.2 Å². The second-order valence-corrected chi connectivity index (χ2v) is 7.85. The van der Waals surface area contributed by atoms with Gasteiger partial charge in [-0.15, -0.1) is 0 Å². The van der Waals surface area contributed by atoms with Gasteiger partial charge < -0.3 is 9.80 Å². The summed E-state index contributed by atoms with van der Waals surface area (Å²) in [6.45, 7) is 7.38. The minimum absolute atomic E-state index is 0.335. The van der Waals surface area contributed by atoms with Gasteiger partial charge in [-0.1, -0.05) is 0 Å². The molecular formula is C19H25N7. The van der Waals surface area contributed by atoms with E-state index in [0.29, 0.717) is 12.1 Å². The third kappa shape index (κ3) is 2.34. The van der Waals surface area contributed by atoms with Gasteiger partial charge in [0.15, 0.2) is 0 Å². The predicted octanol–water partition coefficient (Wildman–Crippen LogP) is 2.82. The van der Waals surface area contributed by atoms with E-state index in [1.54, 1.807) is 0 Å². The summed E-state index contributed by atoms with van der Waals surface area (Å²) >= 11 is 0. The molecule has 0 amide bonds. The standard InChI is InChI=1S/C19H25N7/c1-12(2)26-10-14-16(23-26)11-25(13-5-8-24(3)9-6-13)19-17-15(4-7-20-19)21-22-18(14)17/h4,7,10,12-13H,5-6,8-9,11H2,1-3H3,(H,21,22). The van der Waals surface area contributed by atoms with E-state index in [2.05, 4.69) is 51.8 Å². The Balaban J connectivity index is 1.68. The molecule has 7 heteroatoms. The van der Waals surface area contributed by atoms with Gasteiger partial charge >= 0.3 is 0 Å². The van der Waals surface area contributed by atoms with E-state index in [1.165, 1.54) is 0 Å². The number of rotatable bonds is 2. The van der Waals surface area contributed by atoms with Crippen LogP contribution in [0.15, 0.2) is 18.5 Å². The fourth-order valence-electron chi connectivity index (χ4n) is 4.22. The van der Waals surface area contributed by atoms with Gasteiger partial charge in [0, 0.05) is 30.0 Å². The summed E-state index contributed by atoms with van der Waals surface area (Å²) in [5, 5.41) is 13.9. The Bertz CT molecular complexity index is 946. The van der Waals surface area contributed by atoms with Crippen LogP contribution in [-0.4, -0.2) is 56.0 Å². The van der Waals surface area contributed by atoms with Crippen molar-refractivity contribution in [3.63, 3.8) is 0 Å². The highest BCUT2D eigenvalue weighted by molar-refractivity contribution is 6.02. The van der Waals surface area contributed by atoms with Gasteiger partial charge in [0.25, 0.3) is 0 Å². The molecule has 3 aromatic rings. The van der Waals surface area contributed by atoms with Crippen molar-refractivity contribution in [3.8, 4) is 11.3 Å². The molecule has 5 rings (SSSR count). The number of hydrogen-bond acceptors (Lipinski definition) is 5. The summed E-state index contributed by atoms with van der Waals surface area (Å²) in [7, 11) is 2.20. The Hall–Kier alpha value is -2.41. The third-order valence-corrected chi connectivity index (χ3v) is 5.77. The highest BCUT2D eigenvalue weighted by Crippen LogP contribution is 2.40. The Morgan fingerprint density at radius 3 is 2.81 bits per heavy atom. The largest absolute Gasteiger partial charge is 0.347 e. The number of likely N-dealkylation sites (tertiary alicyclic amines) is 1. The number of nitrogens with one attached hydrogen (secondary N) is 1. The molecule has 0 spiro atoms. The van der Waals surface area contributed by atoms with E-state index in [1.807, 2.05) is 12.3 Å². The van der Waals surface area contributed by atoms with Crippen molar-refractivity contribution < 1.29 is 0 Å². The predicted molar refractivity (Wildman–Crippen MR) is 102 cm³/mol. The van der Waals surface area contributed by atoms with E-state index in [9.17, 15) is 0 Å². The van der Waals surface area contributed by atoms with Crippen LogP contribution in [0.1, 0.15) is 38.4 Å². The Labute approximate surface area is 153 Å². The summed E-state index contributed by atoms with van der Waals surface area (Å²) in [4.78, 5) is 9.66. The molecule has 0 aromatic carbocycles. The first kappa shape index (κ1) is 15.8. The number of H-pyrrole nitrogens is 1. The minimum atomic E-state index is 0.335. The maximum atomic E-state index is 4.90. The topological polar surface area (TPSA) is 65.9 Å². The van der Waals surface area contributed by atoms with Gasteiger partial charge in [-0.3, -0.25) is 9.78 Å². The molecule has 1 saturated heterocycles. The fraction of sp³-hybridized carbons (Fsp3) is 0.526. The van der Waals surface area contributed by atoms with E-state index in [0.717, 1.165) is 66.1 Å². The van der Waals surface area contributed by atoms with Crippen molar-refractivity contribution in [2.75, 3.05) is 25.0 Å². The number of piperidine rings is 1. The van der Waals surface area contributed by atoms with Crippen molar-refractivity contribution in [2.24, 2.45) is 0 Å². The van der Waals surface area contributed by atoms with Crippen molar-refractivity contribution in [3.05, 3.63) is 24.2 Å². The Kier molecular flexibility index (Phi) is 3.53. The normalized spacial score (nSPS) is 18.5. The Morgan fingerprint density at radius 1 is 1.23 bits per heavy atom. The second-order valence-electron chi connectivity index (χ2n) is 7.85. The van der Waals surface area contributed by atoms with Gasteiger partial charge in [0.2, 0.25) is 0 Å². The number of fused-ring (bicyclic) bond motifs is 2. The summed E-state index contributed by atoms with van der Waals surface area (Å²) in [5.74, 6) is 1.05. The molecule has 0 unspecified atom stereocenters. The molecule has 0 atom stereocenters. The second kappa shape index (κ2) is 5.81. The van der Waals surface area contributed by atoms with Crippen molar-refractivity contribution in [2.45, 2.75) is 45.3 Å². The van der Waals surface area contributed by atoms with E-state index >= 15 is 0 Å². The van der Waals surface area contributed by atoms with E-state index in [4.69, 9.17) is 10.1 Å².